The Morgan fingerprint density at radius 3 is 1.63 bits per heavy atom. The van der Waals surface area contributed by atoms with Crippen molar-refractivity contribution in [3.63, 3.8) is 0 Å². The third-order valence-electron chi connectivity index (χ3n) is 9.84. The lowest BCUT2D eigenvalue weighted by molar-refractivity contribution is 0.669. The van der Waals surface area contributed by atoms with Gasteiger partial charge >= 0.3 is 0 Å². The number of fused-ring (bicyclic) bond motifs is 6. The molecule has 2 aromatic heterocycles. The van der Waals surface area contributed by atoms with Crippen LogP contribution in [0.3, 0.4) is 0 Å². The monoisotopic (exact) mass is 684 g/mol. The number of thiophene rings is 1. The Balaban J connectivity index is 1.16. The Kier molecular flexibility index (Phi) is 7.33. The summed E-state index contributed by atoms with van der Waals surface area (Å²) in [4.78, 5) is 4.65. The standard InChI is InChI=1S/C48H32N2OS/c1-4-13-33(14-5-1)34-23-25-37(26-24-34)50(39-27-29-41-40-19-10-11-22-46(40)52-47(41)32-39)43-20-12-21-44-48(43)42-30-28-38(31-45(42)51-44)49(35-15-6-2-7-16-35)36-17-8-3-9-18-36/h1-32H. The van der Waals surface area contributed by atoms with Crippen molar-refractivity contribution < 1.29 is 4.42 Å². The van der Waals surface area contributed by atoms with Crippen LogP contribution in [0.1, 0.15) is 0 Å². The number of anilines is 6. The van der Waals surface area contributed by atoms with E-state index in [-0.39, 0.29) is 0 Å². The minimum atomic E-state index is 0.844. The molecule has 0 saturated carbocycles. The van der Waals surface area contributed by atoms with Gasteiger partial charge in [0.15, 0.2) is 0 Å². The Bertz CT molecular complexity index is 2800. The second-order valence-corrected chi connectivity index (χ2v) is 14.1. The molecule has 10 aromatic rings. The molecule has 2 heterocycles. The van der Waals surface area contributed by atoms with Crippen LogP contribution in [0.15, 0.2) is 199 Å². The maximum atomic E-state index is 6.71. The second kappa shape index (κ2) is 12.6. The zero-order valence-corrected chi connectivity index (χ0v) is 29.0. The van der Waals surface area contributed by atoms with Gasteiger partial charge in [0, 0.05) is 60.1 Å². The summed E-state index contributed by atoms with van der Waals surface area (Å²) in [5.41, 5.74) is 10.5. The van der Waals surface area contributed by atoms with E-state index in [1.807, 2.05) is 11.3 Å². The van der Waals surface area contributed by atoms with Crippen molar-refractivity contribution in [1.82, 2.24) is 0 Å². The van der Waals surface area contributed by atoms with Gasteiger partial charge in [-0.2, -0.15) is 0 Å². The number of hydrogen-bond donors (Lipinski definition) is 0. The zero-order chi connectivity index (χ0) is 34.4. The molecule has 246 valence electrons. The molecule has 8 aromatic carbocycles. The van der Waals surface area contributed by atoms with Crippen LogP contribution in [0.4, 0.5) is 34.1 Å². The van der Waals surface area contributed by atoms with E-state index in [1.54, 1.807) is 0 Å². The summed E-state index contributed by atoms with van der Waals surface area (Å²) in [6.45, 7) is 0. The molecule has 3 nitrogen and oxygen atoms in total. The summed E-state index contributed by atoms with van der Waals surface area (Å²) in [5.74, 6) is 0. The average Bonchev–Trinajstić information content (AvgIpc) is 3.78. The molecular formula is C48H32N2OS. The fourth-order valence-electron chi connectivity index (χ4n) is 7.44. The predicted octanol–water partition coefficient (Wildman–Crippen LogP) is 14.6. The van der Waals surface area contributed by atoms with E-state index in [2.05, 4.69) is 204 Å². The van der Waals surface area contributed by atoms with Crippen LogP contribution in [0.2, 0.25) is 0 Å². The molecule has 0 aliphatic carbocycles. The van der Waals surface area contributed by atoms with Crippen LogP contribution in [-0.4, -0.2) is 0 Å². The van der Waals surface area contributed by atoms with Crippen LogP contribution in [0.5, 0.6) is 0 Å². The summed E-state index contributed by atoms with van der Waals surface area (Å²) >= 11 is 1.84. The van der Waals surface area contributed by atoms with E-state index in [0.29, 0.717) is 0 Å². The van der Waals surface area contributed by atoms with Gasteiger partial charge in [-0.3, -0.25) is 0 Å². The highest BCUT2D eigenvalue weighted by molar-refractivity contribution is 7.25. The molecule has 0 amide bonds. The Hall–Kier alpha value is -6.62. The first-order valence-corrected chi connectivity index (χ1v) is 18.3. The van der Waals surface area contributed by atoms with Crippen molar-refractivity contribution in [2.24, 2.45) is 0 Å². The lowest BCUT2D eigenvalue weighted by Crippen LogP contribution is -2.10. The molecule has 0 unspecified atom stereocenters. The van der Waals surface area contributed by atoms with Gasteiger partial charge in [0.25, 0.3) is 0 Å². The highest BCUT2D eigenvalue weighted by atomic mass is 32.1. The molecule has 0 fully saturated rings. The van der Waals surface area contributed by atoms with Crippen molar-refractivity contribution in [3.8, 4) is 11.1 Å². The van der Waals surface area contributed by atoms with E-state index in [9.17, 15) is 0 Å². The lowest BCUT2D eigenvalue weighted by atomic mass is 10.0. The second-order valence-electron chi connectivity index (χ2n) is 13.0. The molecule has 0 aliphatic rings. The van der Waals surface area contributed by atoms with Gasteiger partial charge in [-0.05, 0) is 90.0 Å². The van der Waals surface area contributed by atoms with Crippen LogP contribution in [0.25, 0.3) is 53.2 Å². The molecular weight excluding hydrogens is 653 g/mol. The van der Waals surface area contributed by atoms with Crippen molar-refractivity contribution >= 4 is 87.6 Å². The quantitative estimate of drug-likeness (QED) is 0.167. The molecule has 10 rings (SSSR count). The Morgan fingerprint density at radius 2 is 0.904 bits per heavy atom. The highest BCUT2D eigenvalue weighted by Gasteiger charge is 2.22. The molecule has 0 saturated heterocycles. The molecule has 0 spiro atoms. The van der Waals surface area contributed by atoms with E-state index >= 15 is 0 Å². The largest absolute Gasteiger partial charge is 0.456 e. The fourth-order valence-corrected chi connectivity index (χ4v) is 8.58. The van der Waals surface area contributed by atoms with Crippen LogP contribution in [-0.2, 0) is 0 Å². The first-order chi connectivity index (χ1) is 25.8. The predicted molar refractivity (Wildman–Crippen MR) is 221 cm³/mol. The lowest BCUT2D eigenvalue weighted by Gasteiger charge is -2.27. The zero-order valence-electron chi connectivity index (χ0n) is 28.2. The molecule has 4 heteroatoms. The fraction of sp³-hybridized carbons (Fsp3) is 0. The minimum absolute atomic E-state index is 0.844. The van der Waals surface area contributed by atoms with E-state index in [4.69, 9.17) is 4.42 Å². The SMILES string of the molecule is c1ccc(-c2ccc(N(c3ccc4c(c3)sc3ccccc34)c3cccc4oc5cc(N(c6ccccc6)c6ccccc6)ccc5c34)cc2)cc1. The summed E-state index contributed by atoms with van der Waals surface area (Å²) in [6, 6.07) is 68.9. The van der Waals surface area contributed by atoms with Crippen LogP contribution >= 0.6 is 11.3 Å². The van der Waals surface area contributed by atoms with Crippen molar-refractivity contribution in [2.45, 2.75) is 0 Å². The number of hydrogen-bond acceptors (Lipinski definition) is 4. The molecule has 0 N–H and O–H groups in total. The normalized spacial score (nSPS) is 11.5. The minimum Gasteiger partial charge on any atom is -0.456 e. The van der Waals surface area contributed by atoms with Gasteiger partial charge in [-0.1, -0.05) is 109 Å². The number of para-hydroxylation sites is 2. The third-order valence-corrected chi connectivity index (χ3v) is 11.0. The molecule has 0 aliphatic heterocycles. The maximum absolute atomic E-state index is 6.71. The smallest absolute Gasteiger partial charge is 0.137 e. The summed E-state index contributed by atoms with van der Waals surface area (Å²) in [7, 11) is 0. The number of rotatable bonds is 7. The van der Waals surface area contributed by atoms with Gasteiger partial charge in [0.2, 0.25) is 0 Å². The summed E-state index contributed by atoms with van der Waals surface area (Å²) in [6.07, 6.45) is 0. The Labute approximate surface area is 305 Å². The third kappa shape index (κ3) is 5.20. The van der Waals surface area contributed by atoms with Gasteiger partial charge in [0.05, 0.1) is 11.1 Å². The topological polar surface area (TPSA) is 19.6 Å². The van der Waals surface area contributed by atoms with Crippen molar-refractivity contribution in [2.75, 3.05) is 9.80 Å². The van der Waals surface area contributed by atoms with Gasteiger partial charge in [0.1, 0.15) is 11.2 Å². The molecule has 0 bridgehead atoms. The van der Waals surface area contributed by atoms with Gasteiger partial charge < -0.3 is 14.2 Å². The number of nitrogens with zero attached hydrogens (tertiary/aromatic N) is 2. The van der Waals surface area contributed by atoms with Crippen molar-refractivity contribution in [1.29, 1.82) is 0 Å². The first kappa shape index (κ1) is 30.2. The van der Waals surface area contributed by atoms with Gasteiger partial charge in [-0.15, -0.1) is 11.3 Å². The number of benzene rings is 8. The van der Waals surface area contributed by atoms with Crippen LogP contribution in [0, 0.1) is 0 Å². The molecule has 0 atom stereocenters. The highest BCUT2D eigenvalue weighted by Crippen LogP contribution is 2.46. The first-order valence-electron chi connectivity index (χ1n) is 17.5. The molecule has 52 heavy (non-hydrogen) atoms. The summed E-state index contributed by atoms with van der Waals surface area (Å²) < 4.78 is 9.28. The molecule has 0 radical (unpaired) electrons. The maximum Gasteiger partial charge on any atom is 0.137 e. The average molecular weight is 685 g/mol. The number of furan rings is 1. The van der Waals surface area contributed by atoms with E-state index < -0.39 is 0 Å². The summed E-state index contributed by atoms with van der Waals surface area (Å²) in [5, 5.41) is 4.74. The van der Waals surface area contributed by atoms with Crippen LogP contribution < -0.4 is 9.80 Å². The van der Waals surface area contributed by atoms with E-state index in [1.165, 1.54) is 31.3 Å². The van der Waals surface area contributed by atoms with Gasteiger partial charge in [-0.25, -0.2) is 0 Å². The van der Waals surface area contributed by atoms with E-state index in [0.717, 1.165) is 56.1 Å². The Morgan fingerprint density at radius 1 is 0.346 bits per heavy atom. The van der Waals surface area contributed by atoms with Crippen molar-refractivity contribution in [3.05, 3.63) is 194 Å².